The minimum atomic E-state index is -0.602. The maximum atomic E-state index is 11.9. The Bertz CT molecular complexity index is 497. The molecule has 2 heterocycles. The first-order valence-electron chi connectivity index (χ1n) is 7.78. The molecule has 0 unspecified atom stereocenters. The van der Waals surface area contributed by atoms with Crippen LogP contribution >= 0.6 is 0 Å². The molecule has 2 aliphatic carbocycles. The molecule has 2 saturated heterocycles. The van der Waals surface area contributed by atoms with Crippen LogP contribution in [0.4, 0.5) is 0 Å². The Balaban J connectivity index is 1.68. The highest BCUT2D eigenvalue weighted by molar-refractivity contribution is 5.91. The Labute approximate surface area is 124 Å². The maximum Gasteiger partial charge on any atom is 0.187 e. The van der Waals surface area contributed by atoms with Gasteiger partial charge >= 0.3 is 0 Å². The number of allylic oxidation sites excluding steroid dienone is 2. The molecule has 0 N–H and O–H groups in total. The van der Waals surface area contributed by atoms with E-state index in [-0.39, 0.29) is 36.1 Å². The number of methoxy groups -OCH3 is 1. The topological polar surface area (TPSA) is 54.0 Å². The highest BCUT2D eigenvalue weighted by atomic mass is 16.8. The van der Waals surface area contributed by atoms with Crippen molar-refractivity contribution in [2.24, 2.45) is 17.8 Å². The molecular weight excluding hydrogens is 272 g/mol. The number of rotatable bonds is 1. The summed E-state index contributed by atoms with van der Waals surface area (Å²) in [5.74, 6) is 1.13. The summed E-state index contributed by atoms with van der Waals surface area (Å²) in [4.78, 5) is 11.9. The number of ketones is 1. The van der Waals surface area contributed by atoms with Crippen molar-refractivity contribution in [2.45, 2.75) is 57.4 Å². The smallest absolute Gasteiger partial charge is 0.187 e. The predicted octanol–water partition coefficient (Wildman–Crippen LogP) is 2.01. The third-order valence-electron chi connectivity index (χ3n) is 5.28. The quantitative estimate of drug-likeness (QED) is 0.740. The highest BCUT2D eigenvalue weighted by Crippen LogP contribution is 2.53. The molecule has 0 radical (unpaired) electrons. The monoisotopic (exact) mass is 294 g/mol. The van der Waals surface area contributed by atoms with Gasteiger partial charge in [-0.3, -0.25) is 4.79 Å². The Hall–Kier alpha value is -0.910. The fourth-order valence-electron chi connectivity index (χ4n) is 4.58. The van der Waals surface area contributed by atoms with E-state index in [1.165, 1.54) is 0 Å². The van der Waals surface area contributed by atoms with Crippen LogP contribution in [0.15, 0.2) is 11.8 Å². The fraction of sp³-hybridized carbons (Fsp3) is 0.812. The van der Waals surface area contributed by atoms with Crippen LogP contribution in [0, 0.1) is 17.8 Å². The predicted molar refractivity (Wildman–Crippen MR) is 73.1 cm³/mol. The van der Waals surface area contributed by atoms with Crippen molar-refractivity contribution in [2.75, 3.05) is 7.11 Å². The van der Waals surface area contributed by atoms with Crippen molar-refractivity contribution < 1.29 is 23.7 Å². The van der Waals surface area contributed by atoms with Crippen LogP contribution in [0.5, 0.6) is 0 Å². The molecule has 0 amide bonds. The van der Waals surface area contributed by atoms with E-state index in [2.05, 4.69) is 0 Å². The standard InChI is InChI=1S/C16H22O5/c1-16(2)20-14-13-10(19-15(14)21-16)5-4-8-6-9(17)7-11(18-3)12(8)13/h7-8,10,12-15H,4-6H2,1-3H3/t8-,10-,12-,13+,14-,15-/m1/s1. The molecule has 0 aromatic heterocycles. The van der Waals surface area contributed by atoms with Crippen molar-refractivity contribution in [3.05, 3.63) is 11.8 Å². The molecule has 5 heteroatoms. The number of hydrogen-bond donors (Lipinski definition) is 0. The summed E-state index contributed by atoms with van der Waals surface area (Å²) in [5.41, 5.74) is 0. The van der Waals surface area contributed by atoms with Crippen molar-refractivity contribution in [1.29, 1.82) is 0 Å². The Morgan fingerprint density at radius 1 is 1.29 bits per heavy atom. The molecular formula is C16H22O5. The van der Waals surface area contributed by atoms with E-state index >= 15 is 0 Å². The minimum Gasteiger partial charge on any atom is -0.501 e. The molecule has 0 bridgehead atoms. The van der Waals surface area contributed by atoms with Gasteiger partial charge in [0.15, 0.2) is 17.9 Å². The van der Waals surface area contributed by atoms with E-state index in [0.717, 1.165) is 18.6 Å². The molecule has 21 heavy (non-hydrogen) atoms. The van der Waals surface area contributed by atoms with Crippen molar-refractivity contribution in [3.8, 4) is 0 Å². The Morgan fingerprint density at radius 2 is 2.10 bits per heavy atom. The zero-order valence-electron chi connectivity index (χ0n) is 12.7. The van der Waals surface area contributed by atoms with Crippen molar-refractivity contribution in [3.63, 3.8) is 0 Å². The van der Waals surface area contributed by atoms with Gasteiger partial charge in [0.2, 0.25) is 0 Å². The Kier molecular flexibility index (Phi) is 2.97. The van der Waals surface area contributed by atoms with Crippen LogP contribution in [-0.4, -0.2) is 37.2 Å². The second-order valence-corrected chi connectivity index (χ2v) is 7.00. The normalized spacial score (nSPS) is 47.4. The summed E-state index contributed by atoms with van der Waals surface area (Å²) in [6.07, 6.45) is 4.04. The van der Waals surface area contributed by atoms with Crippen LogP contribution in [0.3, 0.4) is 0 Å². The second-order valence-electron chi connectivity index (χ2n) is 7.00. The van der Waals surface area contributed by atoms with E-state index in [4.69, 9.17) is 18.9 Å². The van der Waals surface area contributed by atoms with Gasteiger partial charge in [-0.1, -0.05) is 0 Å². The highest BCUT2D eigenvalue weighted by Gasteiger charge is 2.60. The van der Waals surface area contributed by atoms with Crippen LogP contribution in [0.1, 0.15) is 33.1 Å². The first-order chi connectivity index (χ1) is 9.98. The SMILES string of the molecule is COC1=CC(=O)C[C@H]2CC[C@H]3O[C@@H]4OC(C)(C)O[C@@H]4[C@@H]3[C@@H]12. The summed E-state index contributed by atoms with van der Waals surface area (Å²) in [6.45, 7) is 3.84. The molecule has 0 spiro atoms. The lowest BCUT2D eigenvalue weighted by atomic mass is 9.65. The molecule has 116 valence electrons. The van der Waals surface area contributed by atoms with E-state index in [1.807, 2.05) is 13.8 Å². The molecule has 6 atom stereocenters. The number of ether oxygens (including phenoxy) is 4. The summed E-state index contributed by atoms with van der Waals surface area (Å²) >= 11 is 0. The molecule has 5 nitrogen and oxygen atoms in total. The van der Waals surface area contributed by atoms with E-state index < -0.39 is 5.79 Å². The van der Waals surface area contributed by atoms with Gasteiger partial charge in [-0.2, -0.15) is 0 Å². The first kappa shape index (κ1) is 13.7. The summed E-state index contributed by atoms with van der Waals surface area (Å²) in [6, 6.07) is 0. The van der Waals surface area contributed by atoms with Crippen molar-refractivity contribution in [1.82, 2.24) is 0 Å². The van der Waals surface area contributed by atoms with Gasteiger partial charge < -0.3 is 18.9 Å². The average molecular weight is 294 g/mol. The first-order valence-corrected chi connectivity index (χ1v) is 7.78. The van der Waals surface area contributed by atoms with Crippen LogP contribution in [0.2, 0.25) is 0 Å². The minimum absolute atomic E-state index is 0.0652. The number of fused-ring (bicyclic) bond motifs is 5. The molecule has 0 aromatic rings. The summed E-state index contributed by atoms with van der Waals surface area (Å²) in [7, 11) is 1.65. The van der Waals surface area contributed by atoms with Gasteiger partial charge in [0.25, 0.3) is 0 Å². The molecule has 3 fully saturated rings. The molecule has 0 aromatic carbocycles. The fourth-order valence-corrected chi connectivity index (χ4v) is 4.58. The second kappa shape index (κ2) is 4.54. The maximum absolute atomic E-state index is 11.9. The average Bonchev–Trinajstić information content (AvgIpc) is 2.88. The molecule has 1 saturated carbocycles. The van der Waals surface area contributed by atoms with Gasteiger partial charge in [-0.05, 0) is 32.6 Å². The summed E-state index contributed by atoms with van der Waals surface area (Å²) in [5, 5.41) is 0. The number of hydrogen-bond acceptors (Lipinski definition) is 5. The number of carbonyl (C=O) groups is 1. The van der Waals surface area contributed by atoms with E-state index in [9.17, 15) is 4.79 Å². The lowest BCUT2D eigenvalue weighted by Crippen LogP contribution is -2.45. The lowest BCUT2D eigenvalue weighted by Gasteiger charge is -2.42. The van der Waals surface area contributed by atoms with Crippen molar-refractivity contribution >= 4 is 5.78 Å². The third kappa shape index (κ3) is 2.05. The van der Waals surface area contributed by atoms with E-state index in [0.29, 0.717) is 12.3 Å². The van der Waals surface area contributed by atoms with Crippen LogP contribution in [0.25, 0.3) is 0 Å². The van der Waals surface area contributed by atoms with Crippen LogP contribution in [-0.2, 0) is 23.7 Å². The van der Waals surface area contributed by atoms with Gasteiger partial charge in [0, 0.05) is 24.3 Å². The third-order valence-corrected chi connectivity index (χ3v) is 5.28. The largest absolute Gasteiger partial charge is 0.501 e. The molecule has 4 aliphatic rings. The van der Waals surface area contributed by atoms with Gasteiger partial charge in [0.05, 0.1) is 13.2 Å². The van der Waals surface area contributed by atoms with Gasteiger partial charge in [-0.25, -0.2) is 0 Å². The Morgan fingerprint density at radius 3 is 2.86 bits per heavy atom. The zero-order chi connectivity index (χ0) is 14.8. The van der Waals surface area contributed by atoms with Gasteiger partial charge in [-0.15, -0.1) is 0 Å². The summed E-state index contributed by atoms with van der Waals surface area (Å²) < 4.78 is 23.6. The van der Waals surface area contributed by atoms with Gasteiger partial charge in [0.1, 0.15) is 11.9 Å². The zero-order valence-corrected chi connectivity index (χ0v) is 12.7. The molecule has 2 aliphatic heterocycles. The molecule has 4 rings (SSSR count). The number of carbonyl (C=O) groups excluding carboxylic acids is 1. The van der Waals surface area contributed by atoms with Crippen LogP contribution < -0.4 is 0 Å². The lowest BCUT2D eigenvalue weighted by molar-refractivity contribution is -0.217. The van der Waals surface area contributed by atoms with E-state index in [1.54, 1.807) is 13.2 Å².